The lowest BCUT2D eigenvalue weighted by Gasteiger charge is -2.45. The van der Waals surface area contributed by atoms with Crippen LogP contribution in [-0.2, 0) is 20.7 Å². The van der Waals surface area contributed by atoms with Crippen molar-refractivity contribution in [2.75, 3.05) is 7.11 Å². The largest absolute Gasteiger partial charge is 0.508 e. The summed E-state index contributed by atoms with van der Waals surface area (Å²) in [6.07, 6.45) is -1.43. The fourth-order valence-corrected chi connectivity index (χ4v) is 4.48. The highest BCUT2D eigenvalue weighted by Crippen LogP contribution is 2.49. The molecule has 4 N–H and O–H groups in total. The lowest BCUT2D eigenvalue weighted by molar-refractivity contribution is -0.141. The number of carbonyl (C=O) groups is 3. The van der Waals surface area contributed by atoms with Gasteiger partial charge in [0.1, 0.15) is 28.9 Å². The van der Waals surface area contributed by atoms with E-state index in [9.17, 15) is 34.8 Å². The molecular weight excluding hydrogens is 380 g/mol. The SMILES string of the molecule is CO[C@@H]1C(=O)C(C(C)=O)=C(O)[C@]2(O)C(=O)c3c(cc4cccc(O)c4c3O)C[C@H]12. The molecule has 0 aliphatic heterocycles. The van der Waals surface area contributed by atoms with E-state index in [1.165, 1.54) is 13.2 Å². The molecule has 0 bridgehead atoms. The standard InChI is InChI=1S/C21H18O8/c1-8(22)13-17(25)18(29-2)11-7-10-6-9-4-3-5-12(23)14(9)16(24)15(10)20(27)21(11,28)19(13)26/h3-6,11,18,23-24,26,28H,7H2,1-2H3/t11-,18+,21+/m1/s1. The highest BCUT2D eigenvalue weighted by atomic mass is 16.5. The number of ether oxygens (including phenoxy) is 1. The number of aliphatic hydroxyl groups excluding tert-OH is 1. The zero-order valence-electron chi connectivity index (χ0n) is 15.6. The molecule has 0 saturated heterocycles. The maximum atomic E-state index is 13.3. The zero-order chi connectivity index (χ0) is 21.2. The molecule has 0 heterocycles. The highest BCUT2D eigenvalue weighted by molar-refractivity contribution is 6.25. The Bertz CT molecular complexity index is 1150. The van der Waals surface area contributed by atoms with E-state index in [1.807, 2.05) is 0 Å². The van der Waals surface area contributed by atoms with Gasteiger partial charge < -0.3 is 25.2 Å². The van der Waals surface area contributed by atoms with E-state index < -0.39 is 52.1 Å². The van der Waals surface area contributed by atoms with Crippen LogP contribution in [0, 0.1) is 5.92 Å². The average Bonchev–Trinajstić information content (AvgIpc) is 2.65. The third kappa shape index (κ3) is 2.30. The van der Waals surface area contributed by atoms with Crippen molar-refractivity contribution in [2.24, 2.45) is 5.92 Å². The topological polar surface area (TPSA) is 141 Å². The van der Waals surface area contributed by atoms with Crippen LogP contribution in [0.5, 0.6) is 11.5 Å². The van der Waals surface area contributed by atoms with Crippen molar-refractivity contribution in [3.05, 3.63) is 46.7 Å². The smallest absolute Gasteiger partial charge is 0.206 e. The highest BCUT2D eigenvalue weighted by Gasteiger charge is 2.61. The third-order valence-corrected chi connectivity index (χ3v) is 5.82. The number of aromatic hydroxyl groups is 2. The van der Waals surface area contributed by atoms with Gasteiger partial charge in [-0.05, 0) is 30.4 Å². The predicted octanol–water partition coefficient (Wildman–Crippen LogP) is 1.34. The van der Waals surface area contributed by atoms with Gasteiger partial charge in [-0.25, -0.2) is 0 Å². The Labute approximate surface area is 164 Å². The minimum Gasteiger partial charge on any atom is -0.508 e. The first-order valence-corrected chi connectivity index (χ1v) is 8.89. The number of carbonyl (C=O) groups excluding carboxylic acids is 3. The first kappa shape index (κ1) is 19.1. The monoisotopic (exact) mass is 398 g/mol. The van der Waals surface area contributed by atoms with Gasteiger partial charge in [-0.3, -0.25) is 14.4 Å². The maximum Gasteiger partial charge on any atom is 0.206 e. The fraction of sp³-hybridized carbons (Fsp3) is 0.286. The molecule has 2 aliphatic rings. The van der Waals surface area contributed by atoms with Crippen molar-refractivity contribution in [1.82, 2.24) is 0 Å². The van der Waals surface area contributed by atoms with E-state index in [2.05, 4.69) is 0 Å². The number of Topliss-reactive ketones (excluding diaryl/α,β-unsaturated/α-hetero) is 3. The lowest BCUT2D eigenvalue weighted by Crippen LogP contribution is -2.61. The van der Waals surface area contributed by atoms with Crippen LogP contribution in [-0.4, -0.2) is 56.6 Å². The summed E-state index contributed by atoms with van der Waals surface area (Å²) in [5.41, 5.74) is -3.28. The first-order chi connectivity index (χ1) is 13.6. The molecule has 2 aromatic rings. The van der Waals surface area contributed by atoms with E-state index in [0.29, 0.717) is 10.9 Å². The number of hydrogen-bond donors (Lipinski definition) is 4. The summed E-state index contributed by atoms with van der Waals surface area (Å²) >= 11 is 0. The third-order valence-electron chi connectivity index (χ3n) is 5.82. The van der Waals surface area contributed by atoms with Gasteiger partial charge in [-0.15, -0.1) is 0 Å². The molecule has 0 saturated carbocycles. The zero-order valence-corrected chi connectivity index (χ0v) is 15.6. The number of phenols is 2. The molecule has 0 unspecified atom stereocenters. The molecular formula is C21H18O8. The van der Waals surface area contributed by atoms with Crippen molar-refractivity contribution in [3.63, 3.8) is 0 Å². The summed E-state index contributed by atoms with van der Waals surface area (Å²) in [6, 6.07) is 6.11. The molecule has 150 valence electrons. The number of fused-ring (bicyclic) bond motifs is 3. The lowest BCUT2D eigenvalue weighted by atomic mass is 9.62. The van der Waals surface area contributed by atoms with Crippen molar-refractivity contribution < 1.29 is 39.5 Å². The Balaban J connectivity index is 2.06. The van der Waals surface area contributed by atoms with Gasteiger partial charge in [0.05, 0.1) is 10.9 Å². The first-order valence-electron chi connectivity index (χ1n) is 8.89. The maximum absolute atomic E-state index is 13.3. The molecule has 3 atom stereocenters. The van der Waals surface area contributed by atoms with Gasteiger partial charge in [0, 0.05) is 13.0 Å². The Hall–Kier alpha value is -3.23. The summed E-state index contributed by atoms with van der Waals surface area (Å²) in [7, 11) is 1.21. The molecule has 29 heavy (non-hydrogen) atoms. The molecule has 4 rings (SSSR count). The Morgan fingerprint density at radius 3 is 2.52 bits per heavy atom. The van der Waals surface area contributed by atoms with Crippen molar-refractivity contribution in [2.45, 2.75) is 25.0 Å². The molecule has 0 fully saturated rings. The minimum absolute atomic E-state index is 0.0205. The normalized spacial score (nSPS) is 26.4. The van der Waals surface area contributed by atoms with Crippen LogP contribution in [0.3, 0.4) is 0 Å². The Morgan fingerprint density at radius 2 is 1.90 bits per heavy atom. The molecule has 8 nitrogen and oxygen atoms in total. The number of rotatable bonds is 2. The second-order valence-electron chi connectivity index (χ2n) is 7.34. The molecule has 8 heteroatoms. The Kier molecular flexibility index (Phi) is 4.04. The van der Waals surface area contributed by atoms with Crippen molar-refractivity contribution >= 4 is 28.1 Å². The number of aliphatic hydroxyl groups is 2. The average molecular weight is 398 g/mol. The summed E-state index contributed by atoms with van der Waals surface area (Å²) in [6.45, 7) is 1.03. The van der Waals surface area contributed by atoms with Crippen LogP contribution >= 0.6 is 0 Å². The van der Waals surface area contributed by atoms with Crippen molar-refractivity contribution in [3.8, 4) is 11.5 Å². The van der Waals surface area contributed by atoms with Gasteiger partial charge in [0.25, 0.3) is 0 Å². The second-order valence-corrected chi connectivity index (χ2v) is 7.34. The summed E-state index contributed by atoms with van der Waals surface area (Å²) < 4.78 is 5.21. The van der Waals surface area contributed by atoms with Crippen LogP contribution < -0.4 is 0 Å². The van der Waals surface area contributed by atoms with Crippen LogP contribution in [0.4, 0.5) is 0 Å². The van der Waals surface area contributed by atoms with E-state index in [4.69, 9.17) is 4.74 Å². The van der Waals surface area contributed by atoms with E-state index >= 15 is 0 Å². The summed E-state index contributed by atoms with van der Waals surface area (Å²) in [4.78, 5) is 37.9. The van der Waals surface area contributed by atoms with E-state index in [1.54, 1.807) is 18.2 Å². The summed E-state index contributed by atoms with van der Waals surface area (Å²) in [5.74, 6) is -5.75. The van der Waals surface area contributed by atoms with E-state index in [-0.39, 0.29) is 23.1 Å². The van der Waals surface area contributed by atoms with Gasteiger partial charge in [-0.2, -0.15) is 0 Å². The second kappa shape index (κ2) is 6.13. The quantitative estimate of drug-likeness (QED) is 0.555. The Morgan fingerprint density at radius 1 is 1.21 bits per heavy atom. The number of methoxy groups -OCH3 is 1. The summed E-state index contributed by atoms with van der Waals surface area (Å²) in [5, 5.41) is 43.2. The van der Waals surface area contributed by atoms with Gasteiger partial charge in [0.15, 0.2) is 17.2 Å². The van der Waals surface area contributed by atoms with Crippen LogP contribution in [0.15, 0.2) is 35.6 Å². The number of phenolic OH excluding ortho intramolecular Hbond substituents is 2. The van der Waals surface area contributed by atoms with Crippen molar-refractivity contribution in [1.29, 1.82) is 0 Å². The number of benzene rings is 2. The van der Waals surface area contributed by atoms with Gasteiger partial charge >= 0.3 is 0 Å². The van der Waals surface area contributed by atoms with Gasteiger partial charge in [-0.1, -0.05) is 18.2 Å². The number of ketones is 3. The molecule has 0 radical (unpaired) electrons. The van der Waals surface area contributed by atoms with Crippen LogP contribution in [0.2, 0.25) is 0 Å². The van der Waals surface area contributed by atoms with Crippen LogP contribution in [0.25, 0.3) is 10.8 Å². The molecule has 0 amide bonds. The molecule has 2 aliphatic carbocycles. The minimum atomic E-state index is -2.63. The molecule has 2 aromatic carbocycles. The molecule has 0 aromatic heterocycles. The number of hydrogen-bond acceptors (Lipinski definition) is 8. The van der Waals surface area contributed by atoms with Crippen LogP contribution in [0.1, 0.15) is 22.8 Å². The fourth-order valence-electron chi connectivity index (χ4n) is 4.48. The predicted molar refractivity (Wildman–Crippen MR) is 99.9 cm³/mol. The van der Waals surface area contributed by atoms with E-state index in [0.717, 1.165) is 6.92 Å². The molecule has 0 spiro atoms. The van der Waals surface area contributed by atoms with Gasteiger partial charge in [0.2, 0.25) is 5.78 Å².